The lowest BCUT2D eigenvalue weighted by Crippen LogP contribution is -2.34. The highest BCUT2D eigenvalue weighted by Gasteiger charge is 2.13. The molecule has 0 saturated carbocycles. The topological polar surface area (TPSA) is 115 Å². The number of aryl methyl sites for hydroxylation is 1. The molecule has 0 fully saturated rings. The third-order valence-corrected chi connectivity index (χ3v) is 4.84. The van der Waals surface area contributed by atoms with Gasteiger partial charge in [0.2, 0.25) is 5.88 Å². The summed E-state index contributed by atoms with van der Waals surface area (Å²) >= 11 is 5.93. The molecule has 1 aromatic carbocycles. The van der Waals surface area contributed by atoms with Crippen LogP contribution in [0.3, 0.4) is 0 Å². The summed E-state index contributed by atoms with van der Waals surface area (Å²) in [5, 5.41) is 8.03. The zero-order valence-electron chi connectivity index (χ0n) is 17.5. The highest BCUT2D eigenvalue weighted by Crippen LogP contribution is 2.31. The number of fused-ring (bicyclic) bond motifs is 1. The summed E-state index contributed by atoms with van der Waals surface area (Å²) in [6, 6.07) is 12.0. The number of aromatic nitrogens is 4. The van der Waals surface area contributed by atoms with E-state index in [-0.39, 0.29) is 11.0 Å². The van der Waals surface area contributed by atoms with Gasteiger partial charge in [0.25, 0.3) is 0 Å². The maximum Gasteiger partial charge on any atom is 0.337 e. The number of hydrogen-bond donors (Lipinski definition) is 3. The Labute approximate surface area is 188 Å². The van der Waals surface area contributed by atoms with Crippen molar-refractivity contribution in [3.05, 3.63) is 53.8 Å². The highest BCUT2D eigenvalue weighted by atomic mass is 35.5. The average Bonchev–Trinajstić information content (AvgIpc) is 3.17. The lowest BCUT2D eigenvalue weighted by molar-refractivity contribution is 0.254. The van der Waals surface area contributed by atoms with E-state index in [9.17, 15) is 4.79 Å². The summed E-state index contributed by atoms with van der Waals surface area (Å²) < 4.78 is 12.0. The molecule has 0 aliphatic rings. The molecule has 0 spiro atoms. The fraction of sp³-hybridized carbons (Fsp3) is 0.143. The van der Waals surface area contributed by atoms with E-state index >= 15 is 0 Å². The monoisotopic (exact) mass is 453 g/mol. The van der Waals surface area contributed by atoms with Crippen LogP contribution in [0.1, 0.15) is 0 Å². The Bertz CT molecular complexity index is 1270. The number of carbonyl (C=O) groups excluding carboxylic acids is 1. The van der Waals surface area contributed by atoms with Crippen LogP contribution >= 0.6 is 11.6 Å². The number of carbonyl (C=O) groups is 1. The first-order chi connectivity index (χ1) is 15.5. The van der Waals surface area contributed by atoms with Crippen molar-refractivity contribution in [2.75, 3.05) is 25.0 Å². The lowest BCUT2D eigenvalue weighted by Gasteiger charge is -2.12. The maximum atomic E-state index is 12.4. The van der Waals surface area contributed by atoms with Gasteiger partial charge in [0, 0.05) is 18.5 Å². The number of halogens is 1. The van der Waals surface area contributed by atoms with Crippen LogP contribution in [0, 0.1) is 0 Å². The summed E-state index contributed by atoms with van der Waals surface area (Å²) in [6.07, 6.45) is 1.76. The zero-order chi connectivity index (χ0) is 22.7. The molecule has 2 amide bonds. The molecule has 32 heavy (non-hydrogen) atoms. The van der Waals surface area contributed by atoms with Crippen LogP contribution in [0.5, 0.6) is 11.6 Å². The number of ether oxygens (including phenoxy) is 2. The van der Waals surface area contributed by atoms with Gasteiger partial charge in [0.15, 0.2) is 5.65 Å². The molecule has 0 radical (unpaired) electrons. The van der Waals surface area contributed by atoms with Gasteiger partial charge in [0.05, 0.1) is 26.1 Å². The number of rotatable bonds is 6. The molecule has 11 heteroatoms. The molecular formula is C21H20ClN7O3. The summed E-state index contributed by atoms with van der Waals surface area (Å²) in [5.74, 6) is 1.48. The summed E-state index contributed by atoms with van der Waals surface area (Å²) in [4.78, 5) is 20.9. The molecule has 0 bridgehead atoms. The Kier molecular flexibility index (Phi) is 5.95. The minimum Gasteiger partial charge on any atom is -0.497 e. The Morgan fingerprint density at radius 2 is 1.84 bits per heavy atom. The third-order valence-electron chi connectivity index (χ3n) is 4.65. The van der Waals surface area contributed by atoms with Crippen LogP contribution in [0.25, 0.3) is 22.2 Å². The first kappa shape index (κ1) is 21.2. The smallest absolute Gasteiger partial charge is 0.337 e. The van der Waals surface area contributed by atoms with E-state index in [1.54, 1.807) is 31.1 Å². The number of nitrogens with one attached hydrogen (secondary N) is 3. The first-order valence-corrected chi connectivity index (χ1v) is 9.86. The number of nitrogens with zero attached hydrogens (tertiary/aromatic N) is 4. The molecule has 0 saturated heterocycles. The van der Waals surface area contributed by atoms with E-state index < -0.39 is 6.03 Å². The number of urea groups is 1. The van der Waals surface area contributed by atoms with Crippen molar-refractivity contribution >= 4 is 40.2 Å². The SMILES string of the molecule is COc1ccc(-c2cc(NNC(=O)Nc3cc(Cl)nc(OC)c3)nc3c2cnn3C)cc1. The second kappa shape index (κ2) is 8.98. The zero-order valence-corrected chi connectivity index (χ0v) is 18.3. The minimum absolute atomic E-state index is 0.195. The molecule has 4 aromatic rings. The van der Waals surface area contributed by atoms with E-state index in [0.29, 0.717) is 17.2 Å². The fourth-order valence-electron chi connectivity index (χ4n) is 3.12. The molecule has 0 unspecified atom stereocenters. The van der Waals surface area contributed by atoms with Gasteiger partial charge in [0.1, 0.15) is 16.7 Å². The van der Waals surface area contributed by atoms with Gasteiger partial charge in [-0.2, -0.15) is 5.10 Å². The predicted molar refractivity (Wildman–Crippen MR) is 122 cm³/mol. The van der Waals surface area contributed by atoms with E-state index in [4.69, 9.17) is 21.1 Å². The van der Waals surface area contributed by atoms with Gasteiger partial charge in [-0.1, -0.05) is 23.7 Å². The number of pyridine rings is 2. The second-order valence-corrected chi connectivity index (χ2v) is 7.10. The van der Waals surface area contributed by atoms with Crippen molar-refractivity contribution < 1.29 is 14.3 Å². The number of amides is 2. The maximum absolute atomic E-state index is 12.4. The largest absolute Gasteiger partial charge is 0.497 e. The van der Waals surface area contributed by atoms with Crippen molar-refractivity contribution in [2.45, 2.75) is 0 Å². The quantitative estimate of drug-likeness (QED) is 0.300. The van der Waals surface area contributed by atoms with E-state index in [1.807, 2.05) is 30.3 Å². The van der Waals surface area contributed by atoms with Crippen molar-refractivity contribution in [2.24, 2.45) is 7.05 Å². The predicted octanol–water partition coefficient (Wildman–Crippen LogP) is 3.85. The number of hydrazine groups is 1. The highest BCUT2D eigenvalue weighted by molar-refractivity contribution is 6.29. The van der Waals surface area contributed by atoms with Gasteiger partial charge in [-0.15, -0.1) is 0 Å². The molecule has 3 N–H and O–H groups in total. The van der Waals surface area contributed by atoms with Crippen LogP contribution in [0.15, 0.2) is 48.7 Å². The number of hydrogen-bond acceptors (Lipinski definition) is 7. The van der Waals surface area contributed by atoms with Crippen molar-refractivity contribution in [1.29, 1.82) is 0 Å². The van der Waals surface area contributed by atoms with Crippen molar-refractivity contribution in [1.82, 2.24) is 25.2 Å². The van der Waals surface area contributed by atoms with Crippen molar-refractivity contribution in [3.63, 3.8) is 0 Å². The van der Waals surface area contributed by atoms with Crippen LogP contribution in [-0.4, -0.2) is 40.0 Å². The van der Waals surface area contributed by atoms with E-state index in [2.05, 4.69) is 31.2 Å². The number of benzene rings is 1. The molecule has 164 valence electrons. The average molecular weight is 454 g/mol. The number of methoxy groups -OCH3 is 2. The van der Waals surface area contributed by atoms with Crippen LogP contribution in [0.4, 0.5) is 16.3 Å². The van der Waals surface area contributed by atoms with Gasteiger partial charge in [-0.05, 0) is 35.4 Å². The third kappa shape index (κ3) is 4.49. The molecule has 3 heterocycles. The van der Waals surface area contributed by atoms with Crippen LogP contribution in [-0.2, 0) is 7.05 Å². The first-order valence-electron chi connectivity index (χ1n) is 9.48. The molecule has 0 aliphatic carbocycles. The number of anilines is 2. The van der Waals surface area contributed by atoms with Crippen LogP contribution < -0.4 is 25.6 Å². The van der Waals surface area contributed by atoms with Gasteiger partial charge in [-0.25, -0.2) is 14.8 Å². The lowest BCUT2D eigenvalue weighted by atomic mass is 10.0. The summed E-state index contributed by atoms with van der Waals surface area (Å²) in [7, 11) is 4.89. The van der Waals surface area contributed by atoms with E-state index in [1.165, 1.54) is 13.2 Å². The minimum atomic E-state index is -0.521. The Hall–Kier alpha value is -4.05. The second-order valence-electron chi connectivity index (χ2n) is 6.71. The van der Waals surface area contributed by atoms with Gasteiger partial charge in [-0.3, -0.25) is 15.5 Å². The molecule has 10 nitrogen and oxygen atoms in total. The van der Waals surface area contributed by atoms with Gasteiger partial charge >= 0.3 is 6.03 Å². The van der Waals surface area contributed by atoms with Crippen LogP contribution in [0.2, 0.25) is 5.15 Å². The standard InChI is InChI=1S/C21H20ClN7O3/c1-29-20-16(11-23-29)15(12-4-6-14(31-2)7-5-12)10-18(26-20)27-28-21(30)24-13-8-17(22)25-19(9-13)32-3/h4-11H,1-3H3,(H,26,27)(H2,24,25,28,30). The van der Waals surface area contributed by atoms with E-state index in [0.717, 1.165) is 22.3 Å². The fourth-order valence-corrected chi connectivity index (χ4v) is 3.32. The molecule has 4 rings (SSSR count). The Morgan fingerprint density at radius 3 is 2.56 bits per heavy atom. The summed E-state index contributed by atoms with van der Waals surface area (Å²) in [5.41, 5.74) is 8.34. The Balaban J connectivity index is 1.56. The van der Waals surface area contributed by atoms with Gasteiger partial charge < -0.3 is 14.8 Å². The normalized spacial score (nSPS) is 10.6. The molecular weight excluding hydrogens is 434 g/mol. The van der Waals surface area contributed by atoms with Crippen molar-refractivity contribution in [3.8, 4) is 22.8 Å². The summed E-state index contributed by atoms with van der Waals surface area (Å²) in [6.45, 7) is 0. The molecule has 3 aromatic heterocycles. The molecule has 0 atom stereocenters. The molecule has 0 aliphatic heterocycles. The Morgan fingerprint density at radius 1 is 1.06 bits per heavy atom.